The van der Waals surface area contributed by atoms with Gasteiger partial charge < -0.3 is 10.6 Å². The van der Waals surface area contributed by atoms with Crippen LogP contribution in [0.4, 0.5) is 5.82 Å². The van der Waals surface area contributed by atoms with Gasteiger partial charge in [0, 0.05) is 35.8 Å². The van der Waals surface area contributed by atoms with E-state index < -0.39 is 0 Å². The van der Waals surface area contributed by atoms with Gasteiger partial charge in [-0.05, 0) is 50.1 Å². The molecule has 31 heavy (non-hydrogen) atoms. The van der Waals surface area contributed by atoms with E-state index in [0.29, 0.717) is 17.9 Å². The van der Waals surface area contributed by atoms with Gasteiger partial charge in [0.1, 0.15) is 5.82 Å². The molecule has 1 aliphatic rings. The van der Waals surface area contributed by atoms with Crippen molar-refractivity contribution in [3.63, 3.8) is 0 Å². The minimum atomic E-state index is -0.00392. The smallest absolute Gasteiger partial charge is 0.254 e. The number of fused-ring (bicyclic) bond motifs is 3. The highest BCUT2D eigenvalue weighted by Gasteiger charge is 2.33. The van der Waals surface area contributed by atoms with E-state index in [-0.39, 0.29) is 11.9 Å². The Labute approximate surface area is 179 Å². The van der Waals surface area contributed by atoms with E-state index in [1.165, 1.54) is 0 Å². The van der Waals surface area contributed by atoms with Crippen molar-refractivity contribution < 1.29 is 4.79 Å². The number of hydrogen-bond donors (Lipinski definition) is 1. The van der Waals surface area contributed by atoms with Crippen molar-refractivity contribution in [2.45, 2.75) is 32.4 Å². The van der Waals surface area contributed by atoms with E-state index in [1.54, 1.807) is 24.0 Å². The normalized spacial score (nSPS) is 13.2. The molecule has 7 nitrogen and oxygen atoms in total. The van der Waals surface area contributed by atoms with Crippen LogP contribution in [-0.4, -0.2) is 36.6 Å². The lowest BCUT2D eigenvalue weighted by Gasteiger charge is -2.22. The highest BCUT2D eigenvalue weighted by molar-refractivity contribution is 6.10. The molecule has 5 rings (SSSR count). The molecule has 0 atom stereocenters. The standard InChI is InChI=1S/C24H22N6O/c1-3-4-15-5-7-17(26-12-15)14-30(18-8-9-18)24(31)16-6-10-21-19(11-16)22-20(23(25)28-21)13-27-29(22)2/h5-7,10-13,18H,8-9,14H2,1-2H3,(H2,25,28). The summed E-state index contributed by atoms with van der Waals surface area (Å²) in [4.78, 5) is 24.4. The number of anilines is 1. The zero-order valence-electron chi connectivity index (χ0n) is 17.5. The molecule has 154 valence electrons. The lowest BCUT2D eigenvalue weighted by Crippen LogP contribution is -2.32. The zero-order valence-corrected chi connectivity index (χ0v) is 17.5. The van der Waals surface area contributed by atoms with E-state index in [9.17, 15) is 4.79 Å². The van der Waals surface area contributed by atoms with Crippen molar-refractivity contribution in [1.82, 2.24) is 24.6 Å². The van der Waals surface area contributed by atoms with Crippen LogP contribution in [0.25, 0.3) is 21.8 Å². The Kier molecular flexibility index (Phi) is 4.55. The van der Waals surface area contributed by atoms with Crippen molar-refractivity contribution >= 4 is 33.5 Å². The van der Waals surface area contributed by atoms with Crippen LogP contribution in [0.5, 0.6) is 0 Å². The number of nitrogen functional groups attached to an aromatic ring is 1. The summed E-state index contributed by atoms with van der Waals surface area (Å²) in [6.07, 6.45) is 5.50. The molecule has 3 aromatic heterocycles. The first kappa shape index (κ1) is 19.1. The molecule has 0 aliphatic heterocycles. The third kappa shape index (κ3) is 3.46. The summed E-state index contributed by atoms with van der Waals surface area (Å²) in [6.45, 7) is 2.27. The topological polar surface area (TPSA) is 89.9 Å². The van der Waals surface area contributed by atoms with Crippen molar-refractivity contribution in [2.75, 3.05) is 5.73 Å². The maximum atomic E-state index is 13.5. The number of pyridine rings is 2. The molecule has 1 fully saturated rings. The van der Waals surface area contributed by atoms with Gasteiger partial charge in [-0.3, -0.25) is 14.5 Å². The van der Waals surface area contributed by atoms with E-state index in [1.807, 2.05) is 42.3 Å². The molecule has 1 aliphatic carbocycles. The number of rotatable bonds is 4. The van der Waals surface area contributed by atoms with Crippen LogP contribution in [-0.2, 0) is 13.6 Å². The Hall–Kier alpha value is -3.92. The fourth-order valence-corrected chi connectivity index (χ4v) is 3.92. The van der Waals surface area contributed by atoms with Crippen molar-refractivity contribution in [3.05, 3.63) is 59.5 Å². The second kappa shape index (κ2) is 7.40. The van der Waals surface area contributed by atoms with Crippen LogP contribution in [0.3, 0.4) is 0 Å². The van der Waals surface area contributed by atoms with Gasteiger partial charge in [0.05, 0.1) is 34.9 Å². The molecule has 0 saturated heterocycles. The second-order valence-electron chi connectivity index (χ2n) is 7.84. The van der Waals surface area contributed by atoms with Gasteiger partial charge in [0.25, 0.3) is 5.91 Å². The van der Waals surface area contributed by atoms with Crippen LogP contribution in [0.2, 0.25) is 0 Å². The Bertz CT molecular complexity index is 1370. The van der Waals surface area contributed by atoms with E-state index in [0.717, 1.165) is 45.9 Å². The molecule has 0 unspecified atom stereocenters. The molecular formula is C24H22N6O. The second-order valence-corrected chi connectivity index (χ2v) is 7.84. The number of aryl methyl sites for hydroxylation is 1. The monoisotopic (exact) mass is 410 g/mol. The average Bonchev–Trinajstić information content (AvgIpc) is 3.54. The minimum absolute atomic E-state index is 0.00392. The van der Waals surface area contributed by atoms with Gasteiger partial charge in [-0.2, -0.15) is 5.10 Å². The molecule has 2 N–H and O–H groups in total. The third-order valence-corrected chi connectivity index (χ3v) is 5.63. The van der Waals surface area contributed by atoms with Crippen LogP contribution in [0, 0.1) is 11.8 Å². The number of amides is 1. The molecule has 4 aromatic rings. The molecule has 0 radical (unpaired) electrons. The van der Waals surface area contributed by atoms with Crippen LogP contribution < -0.4 is 5.73 Å². The number of carbonyl (C=O) groups is 1. The summed E-state index contributed by atoms with van der Waals surface area (Å²) in [5.74, 6) is 6.30. The fourth-order valence-electron chi connectivity index (χ4n) is 3.92. The van der Waals surface area contributed by atoms with Gasteiger partial charge >= 0.3 is 0 Å². The van der Waals surface area contributed by atoms with Gasteiger partial charge in [-0.15, -0.1) is 5.92 Å². The lowest BCUT2D eigenvalue weighted by atomic mass is 10.1. The van der Waals surface area contributed by atoms with Crippen molar-refractivity contribution in [2.24, 2.45) is 7.05 Å². The first-order chi connectivity index (χ1) is 15.0. The summed E-state index contributed by atoms with van der Waals surface area (Å²) in [5.41, 5.74) is 10.1. The number of aromatic nitrogens is 4. The quantitative estimate of drug-likeness (QED) is 0.522. The predicted octanol–water partition coefficient (Wildman–Crippen LogP) is 3.27. The van der Waals surface area contributed by atoms with E-state index in [4.69, 9.17) is 5.73 Å². The van der Waals surface area contributed by atoms with E-state index in [2.05, 4.69) is 26.9 Å². The molecule has 1 aromatic carbocycles. The van der Waals surface area contributed by atoms with Gasteiger partial charge in [-0.1, -0.05) is 5.92 Å². The van der Waals surface area contributed by atoms with E-state index >= 15 is 0 Å². The van der Waals surface area contributed by atoms with Crippen molar-refractivity contribution in [3.8, 4) is 11.8 Å². The first-order valence-electron chi connectivity index (χ1n) is 10.2. The predicted molar refractivity (Wildman–Crippen MR) is 120 cm³/mol. The zero-order chi connectivity index (χ0) is 21.5. The molecule has 1 amide bonds. The molecule has 3 heterocycles. The maximum absolute atomic E-state index is 13.5. The number of nitrogens with two attached hydrogens (primary N) is 1. The summed E-state index contributed by atoms with van der Waals surface area (Å²) in [7, 11) is 1.87. The molecular weight excluding hydrogens is 388 g/mol. The average molecular weight is 410 g/mol. The number of carbonyl (C=O) groups excluding carboxylic acids is 1. The summed E-state index contributed by atoms with van der Waals surface area (Å²) in [5, 5.41) is 5.97. The molecule has 1 saturated carbocycles. The number of nitrogens with zero attached hydrogens (tertiary/aromatic N) is 5. The summed E-state index contributed by atoms with van der Waals surface area (Å²) < 4.78 is 1.77. The number of hydrogen-bond acceptors (Lipinski definition) is 5. The SMILES string of the molecule is CC#Cc1ccc(CN(C(=O)c2ccc3nc(N)c4cnn(C)c4c3c2)C2CC2)nc1. The minimum Gasteiger partial charge on any atom is -0.383 e. The highest BCUT2D eigenvalue weighted by Crippen LogP contribution is 2.32. The highest BCUT2D eigenvalue weighted by atomic mass is 16.2. The van der Waals surface area contributed by atoms with Crippen LogP contribution >= 0.6 is 0 Å². The molecule has 7 heteroatoms. The Morgan fingerprint density at radius 2 is 2.06 bits per heavy atom. The first-order valence-corrected chi connectivity index (χ1v) is 10.2. The third-order valence-electron chi connectivity index (χ3n) is 5.63. The largest absolute Gasteiger partial charge is 0.383 e. The van der Waals surface area contributed by atoms with Gasteiger partial charge in [0.2, 0.25) is 0 Å². The lowest BCUT2D eigenvalue weighted by molar-refractivity contribution is 0.0728. The van der Waals surface area contributed by atoms with Crippen LogP contribution in [0.1, 0.15) is 41.4 Å². The van der Waals surface area contributed by atoms with Crippen molar-refractivity contribution in [1.29, 1.82) is 0 Å². The van der Waals surface area contributed by atoms with Gasteiger partial charge in [-0.25, -0.2) is 4.98 Å². The summed E-state index contributed by atoms with van der Waals surface area (Å²) >= 11 is 0. The number of benzene rings is 1. The fraction of sp³-hybridized carbons (Fsp3) is 0.250. The Morgan fingerprint density at radius 1 is 1.23 bits per heavy atom. The maximum Gasteiger partial charge on any atom is 0.254 e. The van der Waals surface area contributed by atoms with Gasteiger partial charge in [0.15, 0.2) is 0 Å². The summed E-state index contributed by atoms with van der Waals surface area (Å²) in [6, 6.07) is 9.71. The Balaban J connectivity index is 1.50. The molecule has 0 spiro atoms. The molecule has 0 bridgehead atoms. The Morgan fingerprint density at radius 3 is 2.77 bits per heavy atom. The van der Waals surface area contributed by atoms with Crippen LogP contribution in [0.15, 0.2) is 42.7 Å².